The summed E-state index contributed by atoms with van der Waals surface area (Å²) in [6, 6.07) is 20.7. The molecule has 1 heterocycles. The van der Waals surface area contributed by atoms with Crippen LogP contribution in [0.1, 0.15) is 18.5 Å². The molecule has 4 aromatic rings. The van der Waals surface area contributed by atoms with Gasteiger partial charge in [0.1, 0.15) is 5.82 Å². The van der Waals surface area contributed by atoms with Crippen molar-refractivity contribution in [3.05, 3.63) is 71.5 Å². The van der Waals surface area contributed by atoms with E-state index in [1.54, 1.807) is 20.3 Å². The van der Waals surface area contributed by atoms with E-state index in [4.69, 9.17) is 21.1 Å². The molecule has 1 N–H and O–H groups in total. The number of fused-ring (bicyclic) bond motifs is 1. The summed E-state index contributed by atoms with van der Waals surface area (Å²) in [4.78, 5) is 10.9. The monoisotopic (exact) mass is 462 g/mol. The number of benzene rings is 3. The molecular formula is C26H27ClN4O2. The Kier molecular flexibility index (Phi) is 6.56. The molecule has 1 unspecified atom stereocenters. The normalized spacial score (nSPS) is 11.8. The van der Waals surface area contributed by atoms with E-state index in [0.717, 1.165) is 16.5 Å². The van der Waals surface area contributed by atoms with E-state index in [-0.39, 0.29) is 11.3 Å². The molecule has 0 aliphatic rings. The lowest BCUT2D eigenvalue weighted by Crippen LogP contribution is -2.09. The van der Waals surface area contributed by atoms with Crippen LogP contribution in [0.3, 0.4) is 0 Å². The van der Waals surface area contributed by atoms with Crippen molar-refractivity contribution >= 4 is 34.0 Å². The van der Waals surface area contributed by atoms with Crippen LogP contribution in [0.5, 0.6) is 11.5 Å². The molecule has 0 radical (unpaired) electrons. The number of rotatable bonds is 7. The largest absolute Gasteiger partial charge is 0.493 e. The fourth-order valence-electron chi connectivity index (χ4n) is 3.77. The zero-order chi connectivity index (χ0) is 23.5. The Balaban J connectivity index is 1.66. The summed E-state index contributed by atoms with van der Waals surface area (Å²) in [5.74, 6) is 1.83. The molecule has 1 aromatic heterocycles. The molecule has 33 heavy (non-hydrogen) atoms. The Bertz CT molecular complexity index is 1280. The molecule has 0 fully saturated rings. The molecule has 4 rings (SSSR count). The van der Waals surface area contributed by atoms with Crippen molar-refractivity contribution < 1.29 is 9.47 Å². The number of anilines is 2. The van der Waals surface area contributed by atoms with Gasteiger partial charge in [-0.15, -0.1) is 0 Å². The first-order valence-corrected chi connectivity index (χ1v) is 11.0. The number of methoxy groups -OCH3 is 2. The zero-order valence-electron chi connectivity index (χ0n) is 19.4. The number of ether oxygens (including phenoxy) is 2. The van der Waals surface area contributed by atoms with Crippen LogP contribution in [0.4, 0.5) is 11.5 Å². The second-order valence-corrected chi connectivity index (χ2v) is 8.34. The highest BCUT2D eigenvalue weighted by molar-refractivity contribution is 6.28. The Morgan fingerprint density at radius 1 is 0.879 bits per heavy atom. The molecule has 0 aliphatic heterocycles. The number of nitrogens with zero attached hydrogens (tertiary/aromatic N) is 3. The number of hydrogen-bond acceptors (Lipinski definition) is 6. The van der Waals surface area contributed by atoms with Gasteiger partial charge in [0.2, 0.25) is 5.28 Å². The van der Waals surface area contributed by atoms with Gasteiger partial charge < -0.3 is 19.7 Å². The Morgan fingerprint density at radius 2 is 1.58 bits per heavy atom. The lowest BCUT2D eigenvalue weighted by atomic mass is 9.99. The maximum Gasteiger partial charge on any atom is 0.224 e. The molecule has 0 saturated carbocycles. The average molecular weight is 463 g/mol. The molecule has 7 heteroatoms. The van der Waals surface area contributed by atoms with Gasteiger partial charge in [-0.05, 0) is 59.5 Å². The third kappa shape index (κ3) is 4.81. The maximum atomic E-state index is 6.22. The minimum atomic E-state index is -0.0201. The first-order valence-electron chi connectivity index (χ1n) is 10.6. The van der Waals surface area contributed by atoms with Crippen molar-refractivity contribution in [1.29, 1.82) is 0 Å². The summed E-state index contributed by atoms with van der Waals surface area (Å²) >= 11 is 6.22. The van der Waals surface area contributed by atoms with Crippen molar-refractivity contribution in [3.63, 3.8) is 0 Å². The minimum absolute atomic E-state index is 0.0201. The second-order valence-electron chi connectivity index (χ2n) is 8.00. The van der Waals surface area contributed by atoms with E-state index in [1.807, 2.05) is 20.2 Å². The molecule has 170 valence electrons. The standard InChI is InChI=1S/C26H27ClN4O2/c1-16(18-7-6-8-19(13-18)17-9-11-20(12-10-17)31(2)3)28-25-21-14-23(32-4)24(33-5)15-22(21)29-26(27)30-25/h6-16H,1-5H3,(H,28,29,30). The molecule has 0 spiro atoms. The molecule has 0 bridgehead atoms. The van der Waals surface area contributed by atoms with Crippen molar-refractivity contribution in [2.24, 2.45) is 0 Å². The summed E-state index contributed by atoms with van der Waals surface area (Å²) in [5.41, 5.74) is 5.31. The van der Waals surface area contributed by atoms with Crippen LogP contribution in [-0.4, -0.2) is 38.3 Å². The van der Waals surface area contributed by atoms with Crippen LogP contribution >= 0.6 is 11.6 Å². The number of hydrogen-bond donors (Lipinski definition) is 1. The van der Waals surface area contributed by atoms with Crippen molar-refractivity contribution in [1.82, 2.24) is 9.97 Å². The van der Waals surface area contributed by atoms with Gasteiger partial charge in [-0.1, -0.05) is 30.3 Å². The third-order valence-corrected chi connectivity index (χ3v) is 5.80. The molecule has 6 nitrogen and oxygen atoms in total. The summed E-state index contributed by atoms with van der Waals surface area (Å²) in [5, 5.41) is 4.47. The van der Waals surface area contributed by atoms with E-state index in [0.29, 0.717) is 22.8 Å². The van der Waals surface area contributed by atoms with Gasteiger partial charge in [0.25, 0.3) is 0 Å². The van der Waals surface area contributed by atoms with Crippen LogP contribution < -0.4 is 19.7 Å². The lowest BCUT2D eigenvalue weighted by Gasteiger charge is -2.18. The van der Waals surface area contributed by atoms with Gasteiger partial charge in [0.05, 0.1) is 19.7 Å². The second kappa shape index (κ2) is 9.55. The average Bonchev–Trinajstić information content (AvgIpc) is 2.83. The highest BCUT2D eigenvalue weighted by Crippen LogP contribution is 2.36. The SMILES string of the molecule is COc1cc2nc(Cl)nc(NC(C)c3cccc(-c4ccc(N(C)C)cc4)c3)c2cc1OC. The number of aromatic nitrogens is 2. The van der Waals surface area contributed by atoms with Crippen LogP contribution in [0.25, 0.3) is 22.0 Å². The Hall–Kier alpha value is -3.51. The minimum Gasteiger partial charge on any atom is -0.493 e. The zero-order valence-corrected chi connectivity index (χ0v) is 20.1. The predicted octanol–water partition coefficient (Wildman–Crippen LogP) is 6.21. The van der Waals surface area contributed by atoms with Gasteiger partial charge in [0.15, 0.2) is 11.5 Å². The fourth-order valence-corrected chi connectivity index (χ4v) is 3.94. The van der Waals surface area contributed by atoms with E-state index >= 15 is 0 Å². The van der Waals surface area contributed by atoms with Crippen LogP contribution in [0, 0.1) is 0 Å². The quantitative estimate of drug-likeness (QED) is 0.329. The fraction of sp³-hybridized carbons (Fsp3) is 0.231. The molecule has 0 saturated heterocycles. The van der Waals surface area contributed by atoms with E-state index < -0.39 is 0 Å². The Morgan fingerprint density at radius 3 is 2.24 bits per heavy atom. The molecular weight excluding hydrogens is 436 g/mol. The van der Waals surface area contributed by atoms with Crippen molar-refractivity contribution in [2.75, 3.05) is 38.5 Å². The summed E-state index contributed by atoms with van der Waals surface area (Å²) in [6.45, 7) is 2.09. The first-order chi connectivity index (χ1) is 15.9. The van der Waals surface area contributed by atoms with E-state index in [9.17, 15) is 0 Å². The topological polar surface area (TPSA) is 59.5 Å². The lowest BCUT2D eigenvalue weighted by molar-refractivity contribution is 0.356. The van der Waals surface area contributed by atoms with E-state index in [2.05, 4.69) is 75.6 Å². The van der Waals surface area contributed by atoms with Gasteiger partial charge >= 0.3 is 0 Å². The number of halogens is 1. The smallest absolute Gasteiger partial charge is 0.224 e. The number of nitrogens with one attached hydrogen (secondary N) is 1. The van der Waals surface area contributed by atoms with Gasteiger partial charge in [-0.25, -0.2) is 9.97 Å². The Labute approximate surface area is 199 Å². The predicted molar refractivity (Wildman–Crippen MR) is 136 cm³/mol. The molecule has 0 aliphatic carbocycles. The maximum absolute atomic E-state index is 6.22. The van der Waals surface area contributed by atoms with Crippen molar-refractivity contribution in [3.8, 4) is 22.6 Å². The van der Waals surface area contributed by atoms with Crippen molar-refractivity contribution in [2.45, 2.75) is 13.0 Å². The van der Waals surface area contributed by atoms with Crippen LogP contribution in [0.15, 0.2) is 60.7 Å². The van der Waals surface area contributed by atoms with Crippen LogP contribution in [0.2, 0.25) is 5.28 Å². The highest BCUT2D eigenvalue weighted by atomic mass is 35.5. The van der Waals surface area contributed by atoms with Gasteiger partial charge in [-0.2, -0.15) is 0 Å². The van der Waals surface area contributed by atoms with E-state index in [1.165, 1.54) is 11.3 Å². The van der Waals surface area contributed by atoms with Gasteiger partial charge in [0, 0.05) is 37.3 Å². The molecule has 0 amide bonds. The molecule has 1 atom stereocenters. The summed E-state index contributed by atoms with van der Waals surface area (Å²) < 4.78 is 10.9. The summed E-state index contributed by atoms with van der Waals surface area (Å²) in [6.07, 6.45) is 0. The van der Waals surface area contributed by atoms with Crippen LogP contribution in [-0.2, 0) is 0 Å². The van der Waals surface area contributed by atoms with Gasteiger partial charge in [-0.3, -0.25) is 0 Å². The molecule has 3 aromatic carbocycles. The first kappa shape index (κ1) is 22.7. The highest BCUT2D eigenvalue weighted by Gasteiger charge is 2.15. The summed E-state index contributed by atoms with van der Waals surface area (Å²) in [7, 11) is 7.27. The third-order valence-electron chi connectivity index (χ3n) is 5.63.